The minimum absolute atomic E-state index is 0.135. The largest absolute Gasteiger partial charge is 0.487 e. The summed E-state index contributed by atoms with van der Waals surface area (Å²) in [6.45, 7) is 3.08. The van der Waals surface area contributed by atoms with Crippen molar-refractivity contribution in [1.29, 1.82) is 0 Å². The number of hydrogen-bond donors (Lipinski definition) is 0. The first-order valence-electron chi connectivity index (χ1n) is 9.18. The lowest BCUT2D eigenvalue weighted by Crippen LogP contribution is -2.32. The summed E-state index contributed by atoms with van der Waals surface area (Å²) in [5.74, 6) is 0.934. The summed E-state index contributed by atoms with van der Waals surface area (Å²) >= 11 is 1.57. The van der Waals surface area contributed by atoms with Crippen LogP contribution in [0.15, 0.2) is 60.8 Å². The van der Waals surface area contributed by atoms with Crippen molar-refractivity contribution in [1.82, 2.24) is 9.88 Å². The number of pyridine rings is 1. The van der Waals surface area contributed by atoms with E-state index in [0.29, 0.717) is 19.2 Å². The number of nitrogens with zero attached hydrogens (tertiary/aromatic N) is 2. The van der Waals surface area contributed by atoms with Crippen molar-refractivity contribution in [3.05, 3.63) is 81.8 Å². The average molecular weight is 378 g/mol. The first kappa shape index (κ1) is 17.7. The average Bonchev–Trinajstić information content (AvgIpc) is 3.45. The van der Waals surface area contributed by atoms with Crippen LogP contribution in [-0.2, 0) is 13.2 Å². The molecule has 138 valence electrons. The van der Waals surface area contributed by atoms with E-state index in [2.05, 4.69) is 11.1 Å². The van der Waals surface area contributed by atoms with E-state index >= 15 is 0 Å². The standard InChI is InChI=1S/C22H22N2O2S/c1-16-8-11-21(27-16)22(25)24(19-9-10-19)14-17-5-4-7-20(13-17)26-15-18-6-2-3-12-23-18/h2-8,11-13,19H,9-10,14-15H2,1H3. The highest BCUT2D eigenvalue weighted by Crippen LogP contribution is 2.31. The molecule has 3 aromatic rings. The van der Waals surface area contributed by atoms with E-state index < -0.39 is 0 Å². The van der Waals surface area contributed by atoms with Crippen LogP contribution in [-0.4, -0.2) is 21.8 Å². The molecule has 27 heavy (non-hydrogen) atoms. The van der Waals surface area contributed by atoms with Crippen LogP contribution in [0, 0.1) is 6.92 Å². The molecule has 1 fully saturated rings. The molecule has 1 amide bonds. The summed E-state index contributed by atoms with van der Waals surface area (Å²) in [4.78, 5) is 21.2. The van der Waals surface area contributed by atoms with E-state index in [4.69, 9.17) is 4.74 Å². The lowest BCUT2D eigenvalue weighted by atomic mass is 10.2. The first-order valence-corrected chi connectivity index (χ1v) is 10.00. The van der Waals surface area contributed by atoms with Crippen molar-refractivity contribution in [2.45, 2.75) is 39.0 Å². The quantitative estimate of drug-likeness (QED) is 0.591. The molecule has 5 heteroatoms. The van der Waals surface area contributed by atoms with E-state index in [1.165, 1.54) is 4.88 Å². The zero-order chi connectivity index (χ0) is 18.6. The predicted molar refractivity (Wildman–Crippen MR) is 107 cm³/mol. The van der Waals surface area contributed by atoms with E-state index in [1.54, 1.807) is 17.5 Å². The molecule has 0 saturated heterocycles. The molecule has 1 aromatic carbocycles. The van der Waals surface area contributed by atoms with Gasteiger partial charge in [0.05, 0.1) is 10.6 Å². The Morgan fingerprint density at radius 1 is 1.19 bits per heavy atom. The van der Waals surface area contributed by atoms with Gasteiger partial charge in [-0.15, -0.1) is 11.3 Å². The minimum Gasteiger partial charge on any atom is -0.487 e. The summed E-state index contributed by atoms with van der Waals surface area (Å²) in [6, 6.07) is 18.1. The monoisotopic (exact) mass is 378 g/mol. The van der Waals surface area contributed by atoms with Crippen molar-refractivity contribution in [3.8, 4) is 5.75 Å². The Morgan fingerprint density at radius 3 is 2.78 bits per heavy atom. The van der Waals surface area contributed by atoms with Crippen LogP contribution in [0.3, 0.4) is 0 Å². The Morgan fingerprint density at radius 2 is 2.07 bits per heavy atom. The van der Waals surface area contributed by atoms with Gasteiger partial charge in [0.1, 0.15) is 12.4 Å². The van der Waals surface area contributed by atoms with Gasteiger partial charge in [0.25, 0.3) is 5.91 Å². The molecule has 1 aliphatic rings. The Kier molecular flexibility index (Phi) is 5.21. The molecular formula is C22H22N2O2S. The first-order chi connectivity index (χ1) is 13.2. The highest BCUT2D eigenvalue weighted by atomic mass is 32.1. The number of benzene rings is 1. The topological polar surface area (TPSA) is 42.4 Å². The number of thiophene rings is 1. The van der Waals surface area contributed by atoms with Gasteiger partial charge in [0, 0.05) is 23.7 Å². The number of amides is 1. The second-order valence-corrected chi connectivity index (χ2v) is 8.12. The van der Waals surface area contributed by atoms with Gasteiger partial charge in [0.15, 0.2) is 0 Å². The van der Waals surface area contributed by atoms with E-state index in [0.717, 1.165) is 34.7 Å². The molecule has 0 unspecified atom stereocenters. The van der Waals surface area contributed by atoms with E-state index in [-0.39, 0.29) is 5.91 Å². The van der Waals surface area contributed by atoms with Crippen molar-refractivity contribution in [3.63, 3.8) is 0 Å². The van der Waals surface area contributed by atoms with E-state index in [1.807, 2.05) is 60.4 Å². The van der Waals surface area contributed by atoms with Crippen molar-refractivity contribution >= 4 is 17.2 Å². The zero-order valence-corrected chi connectivity index (χ0v) is 16.1. The van der Waals surface area contributed by atoms with Gasteiger partial charge in [-0.05, 0) is 61.7 Å². The normalized spacial score (nSPS) is 13.4. The number of ether oxygens (including phenoxy) is 1. The molecule has 0 spiro atoms. The summed E-state index contributed by atoms with van der Waals surface area (Å²) in [7, 11) is 0. The fraction of sp³-hybridized carbons (Fsp3) is 0.273. The van der Waals surface area contributed by atoms with Gasteiger partial charge in [0.2, 0.25) is 0 Å². The van der Waals surface area contributed by atoms with Crippen LogP contribution in [0.2, 0.25) is 0 Å². The van der Waals surface area contributed by atoms with Gasteiger partial charge in [-0.2, -0.15) is 0 Å². The van der Waals surface area contributed by atoms with Crippen molar-refractivity contribution < 1.29 is 9.53 Å². The third kappa shape index (κ3) is 4.55. The van der Waals surface area contributed by atoms with Gasteiger partial charge in [-0.25, -0.2) is 0 Å². The highest BCUT2D eigenvalue weighted by molar-refractivity contribution is 7.13. The van der Waals surface area contributed by atoms with Crippen molar-refractivity contribution in [2.75, 3.05) is 0 Å². The highest BCUT2D eigenvalue weighted by Gasteiger charge is 2.33. The van der Waals surface area contributed by atoms with Crippen LogP contribution in [0.5, 0.6) is 5.75 Å². The maximum Gasteiger partial charge on any atom is 0.264 e. The van der Waals surface area contributed by atoms with Crippen LogP contribution in [0.25, 0.3) is 0 Å². The molecule has 0 bridgehead atoms. The minimum atomic E-state index is 0.135. The summed E-state index contributed by atoms with van der Waals surface area (Å²) in [6.07, 6.45) is 3.94. The Labute approximate surface area is 163 Å². The van der Waals surface area contributed by atoms with E-state index in [9.17, 15) is 4.79 Å². The summed E-state index contributed by atoms with van der Waals surface area (Å²) < 4.78 is 5.87. The van der Waals surface area contributed by atoms with Gasteiger partial charge in [-0.1, -0.05) is 18.2 Å². The molecule has 1 saturated carbocycles. The molecule has 0 atom stereocenters. The van der Waals surface area contributed by atoms with Crippen LogP contribution in [0.4, 0.5) is 0 Å². The molecule has 0 aliphatic heterocycles. The number of carbonyl (C=O) groups excluding carboxylic acids is 1. The van der Waals surface area contributed by atoms with Crippen LogP contribution >= 0.6 is 11.3 Å². The number of carbonyl (C=O) groups is 1. The molecule has 2 aromatic heterocycles. The number of hydrogen-bond acceptors (Lipinski definition) is 4. The van der Waals surface area contributed by atoms with Crippen molar-refractivity contribution in [2.24, 2.45) is 0 Å². The molecule has 2 heterocycles. The third-order valence-electron chi connectivity index (χ3n) is 4.56. The number of aromatic nitrogens is 1. The molecule has 1 aliphatic carbocycles. The number of aryl methyl sites for hydroxylation is 1. The third-order valence-corrected chi connectivity index (χ3v) is 5.55. The fourth-order valence-corrected chi connectivity index (χ4v) is 3.84. The smallest absolute Gasteiger partial charge is 0.264 e. The molecular weight excluding hydrogens is 356 g/mol. The molecule has 4 nitrogen and oxygen atoms in total. The predicted octanol–water partition coefficient (Wildman–Crippen LogP) is 4.84. The number of rotatable bonds is 7. The SMILES string of the molecule is Cc1ccc(C(=O)N(Cc2cccc(OCc3ccccn3)c2)C2CC2)s1. The maximum atomic E-state index is 12.9. The van der Waals surface area contributed by atoms with Crippen LogP contribution < -0.4 is 4.74 Å². The molecule has 0 radical (unpaired) electrons. The second-order valence-electron chi connectivity index (χ2n) is 6.83. The lowest BCUT2D eigenvalue weighted by Gasteiger charge is -2.22. The van der Waals surface area contributed by atoms with Gasteiger partial charge >= 0.3 is 0 Å². The molecule has 0 N–H and O–H groups in total. The second kappa shape index (κ2) is 7.92. The summed E-state index contributed by atoms with van der Waals surface area (Å²) in [5, 5.41) is 0. The Bertz CT molecular complexity index is 919. The Hall–Kier alpha value is -2.66. The zero-order valence-electron chi connectivity index (χ0n) is 15.3. The van der Waals surface area contributed by atoms with Crippen LogP contribution in [0.1, 0.15) is 38.6 Å². The fourth-order valence-electron chi connectivity index (χ4n) is 3.02. The Balaban J connectivity index is 1.45. The lowest BCUT2D eigenvalue weighted by molar-refractivity contribution is 0.0734. The maximum absolute atomic E-state index is 12.9. The van der Waals surface area contributed by atoms with Gasteiger partial charge in [-0.3, -0.25) is 9.78 Å². The summed E-state index contributed by atoms with van der Waals surface area (Å²) in [5.41, 5.74) is 1.98. The van der Waals surface area contributed by atoms with Gasteiger partial charge < -0.3 is 9.64 Å². The molecule has 4 rings (SSSR count).